The monoisotopic (exact) mass is 244 g/mol. The van der Waals surface area contributed by atoms with Crippen LogP contribution in [0.5, 0.6) is 0 Å². The lowest BCUT2D eigenvalue weighted by Crippen LogP contribution is -2.23. The van der Waals surface area contributed by atoms with E-state index in [1.807, 2.05) is 0 Å². The molecule has 0 amide bonds. The predicted molar refractivity (Wildman–Crippen MR) is 71.4 cm³/mol. The fourth-order valence-electron chi connectivity index (χ4n) is 1.73. The second kappa shape index (κ2) is 11.7. The molecule has 0 rings (SSSR count). The van der Waals surface area contributed by atoms with E-state index < -0.39 is 0 Å². The van der Waals surface area contributed by atoms with Crippen LogP contribution >= 0.6 is 0 Å². The highest BCUT2D eigenvalue weighted by molar-refractivity contribution is 5.80. The average Bonchev–Trinajstić information content (AvgIpc) is 2.35. The largest absolute Gasteiger partial charge is 0.409 e. The van der Waals surface area contributed by atoms with Gasteiger partial charge < -0.3 is 15.7 Å². The van der Waals surface area contributed by atoms with Gasteiger partial charge in [-0.05, 0) is 12.8 Å². The van der Waals surface area contributed by atoms with Crippen LogP contribution in [0.4, 0.5) is 0 Å². The van der Waals surface area contributed by atoms with Gasteiger partial charge in [-0.2, -0.15) is 0 Å². The second-order valence-electron chi connectivity index (χ2n) is 4.46. The summed E-state index contributed by atoms with van der Waals surface area (Å²) >= 11 is 0. The number of rotatable bonds is 11. The van der Waals surface area contributed by atoms with Crippen molar-refractivity contribution in [1.29, 1.82) is 0 Å². The van der Waals surface area contributed by atoms with Gasteiger partial charge in [0, 0.05) is 13.0 Å². The van der Waals surface area contributed by atoms with Gasteiger partial charge in [0.1, 0.15) is 5.84 Å². The molecule has 0 bridgehead atoms. The zero-order chi connectivity index (χ0) is 12.9. The maximum Gasteiger partial charge on any atom is 0.141 e. The number of nitrogens with zero attached hydrogens (tertiary/aromatic N) is 1. The Morgan fingerprint density at radius 3 is 2.41 bits per heavy atom. The van der Waals surface area contributed by atoms with Crippen molar-refractivity contribution in [2.75, 3.05) is 6.61 Å². The Kier molecular flexibility index (Phi) is 11.2. The minimum atomic E-state index is 0.0848. The Morgan fingerprint density at radius 2 is 1.82 bits per heavy atom. The van der Waals surface area contributed by atoms with Gasteiger partial charge in [0.15, 0.2) is 0 Å². The fraction of sp³-hybridized carbons (Fsp3) is 0.923. The molecule has 1 unspecified atom stereocenters. The molecule has 0 spiro atoms. The Morgan fingerprint density at radius 1 is 1.18 bits per heavy atom. The topological polar surface area (TPSA) is 67.8 Å². The summed E-state index contributed by atoms with van der Waals surface area (Å²) in [6, 6.07) is 0. The maximum atomic E-state index is 8.48. The van der Waals surface area contributed by atoms with Crippen LogP contribution in [0.2, 0.25) is 0 Å². The van der Waals surface area contributed by atoms with Crippen molar-refractivity contribution < 1.29 is 9.94 Å². The fourth-order valence-corrected chi connectivity index (χ4v) is 1.73. The molecule has 0 fully saturated rings. The van der Waals surface area contributed by atoms with Crippen molar-refractivity contribution in [2.45, 2.75) is 71.3 Å². The van der Waals surface area contributed by atoms with E-state index in [1.54, 1.807) is 0 Å². The van der Waals surface area contributed by atoms with Gasteiger partial charge in [0.05, 0.1) is 6.10 Å². The number of oxime groups is 1. The molecule has 0 aliphatic heterocycles. The summed E-state index contributed by atoms with van der Waals surface area (Å²) in [5.41, 5.74) is 5.45. The first-order chi connectivity index (χ1) is 8.24. The first-order valence-electron chi connectivity index (χ1n) is 6.82. The van der Waals surface area contributed by atoms with Gasteiger partial charge in [-0.15, -0.1) is 0 Å². The molecule has 0 aliphatic rings. The Labute approximate surface area is 105 Å². The zero-order valence-corrected chi connectivity index (χ0v) is 11.3. The minimum absolute atomic E-state index is 0.0848. The van der Waals surface area contributed by atoms with Crippen LogP contribution in [0.25, 0.3) is 0 Å². The molecule has 0 saturated carbocycles. The highest BCUT2D eigenvalue weighted by atomic mass is 16.5. The predicted octanol–water partition coefficient (Wildman–Crippen LogP) is 3.28. The Hall–Kier alpha value is -0.770. The van der Waals surface area contributed by atoms with E-state index >= 15 is 0 Å². The number of nitrogens with two attached hydrogens (primary N) is 1. The van der Waals surface area contributed by atoms with Gasteiger partial charge in [0.25, 0.3) is 0 Å². The standard InChI is InChI=1S/C13H28N2O2/c1-3-5-6-7-8-9-10-17-12(4-2)11-13(14)15-16/h12,16H,3-11H2,1-2H3,(H2,14,15). The number of amidine groups is 1. The van der Waals surface area contributed by atoms with E-state index in [2.05, 4.69) is 19.0 Å². The van der Waals surface area contributed by atoms with E-state index in [9.17, 15) is 0 Å². The smallest absolute Gasteiger partial charge is 0.141 e. The summed E-state index contributed by atoms with van der Waals surface area (Å²) in [5.74, 6) is 0.250. The van der Waals surface area contributed by atoms with Crippen molar-refractivity contribution in [2.24, 2.45) is 10.9 Å². The third-order valence-corrected chi connectivity index (χ3v) is 2.87. The molecule has 0 aromatic carbocycles. The van der Waals surface area contributed by atoms with E-state index in [0.717, 1.165) is 19.4 Å². The number of unbranched alkanes of at least 4 members (excludes halogenated alkanes) is 5. The highest BCUT2D eigenvalue weighted by Crippen LogP contribution is 2.08. The molecule has 1 atom stereocenters. The van der Waals surface area contributed by atoms with E-state index in [-0.39, 0.29) is 11.9 Å². The summed E-state index contributed by atoms with van der Waals surface area (Å²) < 4.78 is 5.70. The summed E-state index contributed by atoms with van der Waals surface area (Å²) in [4.78, 5) is 0. The van der Waals surface area contributed by atoms with E-state index in [1.165, 1.54) is 32.1 Å². The zero-order valence-electron chi connectivity index (χ0n) is 11.3. The van der Waals surface area contributed by atoms with Gasteiger partial charge in [-0.3, -0.25) is 0 Å². The normalized spacial score (nSPS) is 13.9. The molecule has 0 aromatic rings. The van der Waals surface area contributed by atoms with Gasteiger partial charge in [0.2, 0.25) is 0 Å². The lowest BCUT2D eigenvalue weighted by molar-refractivity contribution is 0.0523. The third kappa shape index (κ3) is 10.1. The lowest BCUT2D eigenvalue weighted by Gasteiger charge is -2.15. The number of hydrogen-bond donors (Lipinski definition) is 2. The SMILES string of the molecule is CCCCCCCCOC(CC)C/C(N)=N/O. The molecule has 0 aromatic heterocycles. The molecule has 0 radical (unpaired) electrons. The highest BCUT2D eigenvalue weighted by Gasteiger charge is 2.08. The van der Waals surface area contributed by atoms with Crippen LogP contribution < -0.4 is 5.73 Å². The third-order valence-electron chi connectivity index (χ3n) is 2.87. The summed E-state index contributed by atoms with van der Waals surface area (Å²) in [5, 5.41) is 11.4. The number of ether oxygens (including phenoxy) is 1. The van der Waals surface area contributed by atoms with Gasteiger partial charge >= 0.3 is 0 Å². The minimum Gasteiger partial charge on any atom is -0.409 e. The molecule has 0 aliphatic carbocycles. The van der Waals surface area contributed by atoms with Crippen molar-refractivity contribution >= 4 is 5.84 Å². The van der Waals surface area contributed by atoms with Crippen LogP contribution in [-0.4, -0.2) is 23.8 Å². The molecule has 4 heteroatoms. The molecule has 17 heavy (non-hydrogen) atoms. The molecule has 0 heterocycles. The van der Waals surface area contributed by atoms with Gasteiger partial charge in [-0.1, -0.05) is 51.1 Å². The summed E-state index contributed by atoms with van der Waals surface area (Å²) in [7, 11) is 0. The molecule has 3 N–H and O–H groups in total. The quantitative estimate of drug-likeness (QED) is 0.193. The summed E-state index contributed by atoms with van der Waals surface area (Å²) in [6.45, 7) is 5.06. The van der Waals surface area contributed by atoms with Crippen LogP contribution in [0.3, 0.4) is 0 Å². The first kappa shape index (κ1) is 16.2. The van der Waals surface area contributed by atoms with Crippen molar-refractivity contribution in [3.05, 3.63) is 0 Å². The van der Waals surface area contributed by atoms with Crippen LogP contribution in [0.1, 0.15) is 65.2 Å². The Bertz CT molecular complexity index is 196. The van der Waals surface area contributed by atoms with Gasteiger partial charge in [-0.25, -0.2) is 0 Å². The van der Waals surface area contributed by atoms with E-state index in [4.69, 9.17) is 15.7 Å². The summed E-state index contributed by atoms with van der Waals surface area (Å²) in [6.07, 6.45) is 9.09. The average molecular weight is 244 g/mol. The van der Waals surface area contributed by atoms with E-state index in [0.29, 0.717) is 6.42 Å². The molecule has 0 saturated heterocycles. The van der Waals surface area contributed by atoms with Crippen molar-refractivity contribution in [1.82, 2.24) is 0 Å². The lowest BCUT2D eigenvalue weighted by atomic mass is 10.1. The number of hydrogen-bond acceptors (Lipinski definition) is 3. The first-order valence-corrected chi connectivity index (χ1v) is 6.82. The maximum absolute atomic E-state index is 8.48. The van der Waals surface area contributed by atoms with Crippen molar-refractivity contribution in [3.8, 4) is 0 Å². The van der Waals surface area contributed by atoms with Crippen LogP contribution in [0.15, 0.2) is 5.16 Å². The Balaban J connectivity index is 3.43. The molecule has 4 nitrogen and oxygen atoms in total. The van der Waals surface area contributed by atoms with Crippen LogP contribution in [0, 0.1) is 0 Å². The molecular formula is C13H28N2O2. The molecule has 102 valence electrons. The van der Waals surface area contributed by atoms with Crippen molar-refractivity contribution in [3.63, 3.8) is 0 Å². The van der Waals surface area contributed by atoms with Crippen LogP contribution in [-0.2, 0) is 4.74 Å². The second-order valence-corrected chi connectivity index (χ2v) is 4.46. The molecular weight excluding hydrogens is 216 g/mol.